The van der Waals surface area contributed by atoms with Crippen LogP contribution in [0.3, 0.4) is 0 Å². The minimum atomic E-state index is -0.470. The van der Waals surface area contributed by atoms with Gasteiger partial charge >= 0.3 is 0 Å². The Kier molecular flexibility index (Phi) is 4.47. The van der Waals surface area contributed by atoms with Gasteiger partial charge in [0.2, 0.25) is 0 Å². The van der Waals surface area contributed by atoms with Gasteiger partial charge in [-0.05, 0) is 81.8 Å². The molecule has 12 atom stereocenters. The third-order valence-electron chi connectivity index (χ3n) is 15.7. The molecule has 8 aliphatic heterocycles. The number of hydrogen-bond acceptors (Lipinski definition) is 6. The molecule has 6 heteroatoms. The lowest BCUT2D eigenvalue weighted by molar-refractivity contribution is -0.275. The number of rotatable bonds is 1. The number of nitrogens with zero attached hydrogens (tertiary/aromatic N) is 4. The number of para-hydroxylation sites is 2. The molecule has 0 aromatic heterocycles. The van der Waals surface area contributed by atoms with E-state index in [1.165, 1.54) is 43.7 Å². The Balaban J connectivity index is 1.19. The molecule has 232 valence electrons. The van der Waals surface area contributed by atoms with Crippen molar-refractivity contribution in [3.8, 4) is 0 Å². The number of fused-ring (bicyclic) bond motifs is 14. The summed E-state index contributed by atoms with van der Waals surface area (Å²) in [6.07, 6.45) is 9.73. The van der Waals surface area contributed by atoms with Gasteiger partial charge in [0.25, 0.3) is 0 Å². The minimum absolute atomic E-state index is 0.0474. The van der Waals surface area contributed by atoms with Crippen molar-refractivity contribution in [3.63, 3.8) is 0 Å². The summed E-state index contributed by atoms with van der Waals surface area (Å²) < 4.78 is 15.2. The van der Waals surface area contributed by atoms with Gasteiger partial charge in [0.15, 0.2) is 6.23 Å². The molecule has 2 spiro atoms. The number of ether oxygens (including phenoxy) is 2. The summed E-state index contributed by atoms with van der Waals surface area (Å²) in [6, 6.07) is 20.9. The highest BCUT2D eigenvalue weighted by atomic mass is 16.6. The normalized spacial score (nSPS) is 50.6. The van der Waals surface area contributed by atoms with Gasteiger partial charge in [0, 0.05) is 66.3 Å². The maximum atomic E-state index is 7.85. The maximum absolute atomic E-state index is 7.85. The largest absolute Gasteiger partial charge is 0.371 e. The summed E-state index contributed by atoms with van der Waals surface area (Å²) in [4.78, 5) is 11.5. The van der Waals surface area contributed by atoms with Crippen LogP contribution in [0.25, 0.3) is 0 Å². The first kappa shape index (κ1) is 25.4. The van der Waals surface area contributed by atoms with Crippen LogP contribution in [0.4, 0.5) is 11.4 Å². The van der Waals surface area contributed by atoms with E-state index in [0.717, 1.165) is 19.5 Å². The van der Waals surface area contributed by atoms with Crippen molar-refractivity contribution in [2.75, 3.05) is 43.1 Å². The van der Waals surface area contributed by atoms with Crippen LogP contribution in [0, 0.1) is 17.8 Å². The molecule has 45 heavy (non-hydrogen) atoms. The zero-order valence-corrected chi connectivity index (χ0v) is 26.7. The third kappa shape index (κ3) is 2.37. The topological polar surface area (TPSA) is 31.4 Å². The average Bonchev–Trinajstić information content (AvgIpc) is 3.84. The van der Waals surface area contributed by atoms with E-state index in [9.17, 15) is 0 Å². The summed E-state index contributed by atoms with van der Waals surface area (Å²) in [5.41, 5.74) is 9.01. The molecule has 8 heterocycles. The monoisotopic (exact) mass is 600 g/mol. The van der Waals surface area contributed by atoms with Crippen molar-refractivity contribution >= 4 is 11.4 Å². The van der Waals surface area contributed by atoms with Gasteiger partial charge in [-0.1, -0.05) is 59.7 Å². The van der Waals surface area contributed by atoms with Crippen molar-refractivity contribution in [2.45, 2.75) is 92.6 Å². The number of benzene rings is 2. The van der Waals surface area contributed by atoms with Crippen molar-refractivity contribution < 1.29 is 9.47 Å². The minimum Gasteiger partial charge on any atom is -0.371 e. The van der Waals surface area contributed by atoms with Crippen molar-refractivity contribution in [3.05, 3.63) is 83.0 Å². The van der Waals surface area contributed by atoms with Crippen LogP contribution in [0.5, 0.6) is 0 Å². The molecule has 0 amide bonds. The predicted octanol–water partition coefficient (Wildman–Crippen LogP) is 5.05. The van der Waals surface area contributed by atoms with Crippen molar-refractivity contribution in [2.24, 2.45) is 17.8 Å². The third-order valence-corrected chi connectivity index (χ3v) is 15.7. The number of hydrogen-bond donors (Lipinski definition) is 0. The van der Waals surface area contributed by atoms with Gasteiger partial charge in [-0.3, -0.25) is 9.80 Å². The maximum Gasteiger partial charge on any atom is 0.165 e. The van der Waals surface area contributed by atoms with Gasteiger partial charge in [0.05, 0.1) is 12.1 Å². The van der Waals surface area contributed by atoms with Gasteiger partial charge in [0.1, 0.15) is 11.8 Å². The van der Waals surface area contributed by atoms with E-state index in [1.54, 1.807) is 22.3 Å². The molecule has 2 saturated carbocycles. The molecule has 6 nitrogen and oxygen atoms in total. The van der Waals surface area contributed by atoms with Crippen LogP contribution in [0.1, 0.15) is 50.7 Å². The van der Waals surface area contributed by atoms with Crippen LogP contribution in [0.15, 0.2) is 71.8 Å². The molecule has 0 N–H and O–H groups in total. The zero-order valence-electron chi connectivity index (χ0n) is 26.7. The molecule has 0 unspecified atom stereocenters. The summed E-state index contributed by atoms with van der Waals surface area (Å²) in [6.45, 7) is 9.15. The van der Waals surface area contributed by atoms with E-state index < -0.39 is 5.60 Å². The Labute approximate surface area is 266 Å². The average molecular weight is 601 g/mol. The van der Waals surface area contributed by atoms with E-state index >= 15 is 0 Å². The first-order valence-corrected chi connectivity index (χ1v) is 17.9. The van der Waals surface area contributed by atoms with Crippen LogP contribution >= 0.6 is 0 Å². The highest BCUT2D eigenvalue weighted by Gasteiger charge is 2.82. The number of methoxy groups -OCH3 is 1. The molecule has 10 aliphatic rings. The van der Waals surface area contributed by atoms with Crippen molar-refractivity contribution in [1.29, 1.82) is 0 Å². The SMILES string of the molecule is CC=C1CN2CC[C@]34c5ccccc5N5[C@H]3[C@@H]([C@H]3O[C@@H]5[C@]5(OC)[C@@H]6N3c3ccccc3[C@@]63CCN6C/C(=C\C)[C@@H]5C[C@H]63)[C@H]1C[C@H]24. The van der Waals surface area contributed by atoms with E-state index in [0.29, 0.717) is 35.9 Å². The molecular formula is C39H44N4O2. The van der Waals surface area contributed by atoms with Gasteiger partial charge < -0.3 is 19.3 Å². The molecule has 0 radical (unpaired) electrons. The van der Waals surface area contributed by atoms with Gasteiger partial charge in [-0.25, -0.2) is 0 Å². The summed E-state index contributed by atoms with van der Waals surface area (Å²) in [7, 11) is 2.04. The standard InChI is InChI=1S/C39H44N4O2/c1-4-22-20-40-16-14-37-25-10-6-8-12-28(25)42-33(37)32(24(22)18-30(37)40)34-43-29-13-9-7-11-26(29)38-15-17-41-21-23(5-2)27(19-31(38)41)39(44-3,35(38)43)36(42)45-34/h4-13,24,27,30-36H,14-21H2,1-3H3/b22-4?,23-5+/t24-,27-,30-,31-,32-,33-,34+,35+,36+,37+,38+,39+/m0/s1. The fraction of sp³-hybridized carbons (Fsp3) is 0.590. The van der Waals surface area contributed by atoms with E-state index in [2.05, 4.69) is 94.1 Å². The Bertz CT molecular complexity index is 1740. The molecule has 8 fully saturated rings. The molecular weight excluding hydrogens is 556 g/mol. The summed E-state index contributed by atoms with van der Waals surface area (Å²) >= 11 is 0. The van der Waals surface area contributed by atoms with Gasteiger partial charge in [-0.2, -0.15) is 0 Å². The second kappa shape index (κ2) is 7.90. The second-order valence-corrected chi connectivity index (χ2v) is 16.1. The van der Waals surface area contributed by atoms with E-state index in [-0.39, 0.29) is 29.3 Å². The lowest BCUT2D eigenvalue weighted by atomic mass is 9.50. The number of anilines is 2. The first-order chi connectivity index (χ1) is 22.1. The molecule has 2 aliphatic carbocycles. The van der Waals surface area contributed by atoms with Crippen LogP contribution in [-0.2, 0) is 20.3 Å². The fourth-order valence-electron chi connectivity index (χ4n) is 14.6. The quantitative estimate of drug-likeness (QED) is 0.427. The Morgan fingerprint density at radius 2 is 1.44 bits per heavy atom. The Hall–Kier alpha value is -2.64. The van der Waals surface area contributed by atoms with E-state index in [1.807, 2.05) is 7.11 Å². The van der Waals surface area contributed by atoms with E-state index in [4.69, 9.17) is 9.47 Å². The number of allylic oxidation sites excluding steroid dienone is 2. The molecule has 2 aromatic rings. The smallest absolute Gasteiger partial charge is 0.165 e. The Morgan fingerprint density at radius 1 is 0.800 bits per heavy atom. The van der Waals surface area contributed by atoms with Crippen LogP contribution in [-0.4, -0.2) is 85.3 Å². The second-order valence-electron chi connectivity index (χ2n) is 16.1. The highest BCUT2D eigenvalue weighted by Crippen LogP contribution is 2.73. The van der Waals surface area contributed by atoms with Crippen molar-refractivity contribution in [1.82, 2.24) is 9.80 Å². The Morgan fingerprint density at radius 3 is 2.18 bits per heavy atom. The fourth-order valence-corrected chi connectivity index (χ4v) is 14.6. The first-order valence-electron chi connectivity index (χ1n) is 17.9. The lowest BCUT2D eigenvalue weighted by Crippen LogP contribution is -2.87. The van der Waals surface area contributed by atoms with Crippen LogP contribution < -0.4 is 9.80 Å². The molecule has 6 saturated heterocycles. The summed E-state index contributed by atoms with van der Waals surface area (Å²) in [5.74, 6) is 1.29. The zero-order chi connectivity index (χ0) is 29.6. The van der Waals surface area contributed by atoms with Gasteiger partial charge in [-0.15, -0.1) is 0 Å². The lowest BCUT2D eigenvalue weighted by Gasteiger charge is -2.72. The molecule has 2 aromatic carbocycles. The van der Waals surface area contributed by atoms with Crippen LogP contribution in [0.2, 0.25) is 0 Å². The number of piperidine rings is 2. The molecule has 6 bridgehead atoms. The summed E-state index contributed by atoms with van der Waals surface area (Å²) in [5, 5.41) is 0. The predicted molar refractivity (Wildman–Crippen MR) is 174 cm³/mol. The highest BCUT2D eigenvalue weighted by molar-refractivity contribution is 5.74. The molecule has 12 rings (SSSR count).